The third-order valence-corrected chi connectivity index (χ3v) is 4.49. The number of ether oxygens (including phenoxy) is 3. The molecule has 5 nitrogen and oxygen atoms in total. The molecule has 2 heterocycles. The van der Waals surface area contributed by atoms with Gasteiger partial charge in [0.2, 0.25) is 11.5 Å². The van der Waals surface area contributed by atoms with Crippen molar-refractivity contribution in [1.29, 1.82) is 0 Å². The van der Waals surface area contributed by atoms with Crippen molar-refractivity contribution in [3.63, 3.8) is 0 Å². The van der Waals surface area contributed by atoms with E-state index in [9.17, 15) is 10.2 Å². The Hall–Kier alpha value is -2.66. The van der Waals surface area contributed by atoms with E-state index in [-0.39, 0.29) is 17.6 Å². The summed E-state index contributed by atoms with van der Waals surface area (Å²) in [5.74, 6) is 1.50. The summed E-state index contributed by atoms with van der Waals surface area (Å²) in [6, 6.07) is 9.49. The van der Waals surface area contributed by atoms with Crippen LogP contribution in [0, 0.1) is 0 Å². The number of phenolic OH excluding ortho intramolecular Hbond substituents is 1. The Morgan fingerprint density at radius 3 is 2.46 bits per heavy atom. The second-order valence-electron chi connectivity index (χ2n) is 6.30. The minimum absolute atomic E-state index is 0.104. The average molecular weight is 356 g/mol. The van der Waals surface area contributed by atoms with Gasteiger partial charge in [-0.25, -0.2) is 0 Å². The highest BCUT2D eigenvalue weighted by molar-refractivity contribution is 5.70. The van der Waals surface area contributed by atoms with E-state index < -0.39 is 0 Å². The number of aryl methyl sites for hydroxylation is 1. The maximum Gasteiger partial charge on any atom is 0.207 e. The smallest absolute Gasteiger partial charge is 0.207 e. The zero-order valence-corrected chi connectivity index (χ0v) is 15.1. The lowest BCUT2D eigenvalue weighted by Gasteiger charge is -2.16. The first-order valence-electron chi connectivity index (χ1n) is 8.71. The molecule has 0 amide bonds. The molecule has 0 radical (unpaired) electrons. The highest BCUT2D eigenvalue weighted by atomic mass is 16.5. The van der Waals surface area contributed by atoms with E-state index in [2.05, 4.69) is 0 Å². The molecule has 0 spiro atoms. The van der Waals surface area contributed by atoms with Gasteiger partial charge in [-0.15, -0.1) is 0 Å². The molecule has 4 rings (SSSR count). The number of aliphatic hydroxyl groups excluding tert-OH is 1. The molecule has 0 unspecified atom stereocenters. The summed E-state index contributed by atoms with van der Waals surface area (Å²) >= 11 is 0. The molecular formula is C21H24O5. The summed E-state index contributed by atoms with van der Waals surface area (Å²) in [7, 11) is 2.97. The van der Waals surface area contributed by atoms with Crippen molar-refractivity contribution in [2.75, 3.05) is 14.2 Å². The first kappa shape index (κ1) is 18.1. The topological polar surface area (TPSA) is 68.2 Å². The zero-order valence-electron chi connectivity index (χ0n) is 15.1. The van der Waals surface area contributed by atoms with Crippen LogP contribution >= 0.6 is 0 Å². The van der Waals surface area contributed by atoms with Crippen LogP contribution in [0.1, 0.15) is 30.4 Å². The molecule has 26 heavy (non-hydrogen) atoms. The Morgan fingerprint density at radius 2 is 1.77 bits per heavy atom. The summed E-state index contributed by atoms with van der Waals surface area (Å²) < 4.78 is 16.6. The fraction of sp³-hybridized carbons (Fsp3) is 0.333. The molecule has 2 aromatic rings. The number of benzene rings is 2. The van der Waals surface area contributed by atoms with Gasteiger partial charge in [0, 0.05) is 5.56 Å². The van der Waals surface area contributed by atoms with E-state index >= 15 is 0 Å². The fourth-order valence-corrected chi connectivity index (χ4v) is 3.07. The number of fused-ring (bicyclic) bond motifs is 7. The van der Waals surface area contributed by atoms with Gasteiger partial charge >= 0.3 is 0 Å². The maximum absolute atomic E-state index is 10.5. The summed E-state index contributed by atoms with van der Waals surface area (Å²) in [4.78, 5) is 0. The van der Waals surface area contributed by atoms with Gasteiger partial charge in [0.1, 0.15) is 5.75 Å². The zero-order chi connectivity index (χ0) is 18.5. The Kier molecular flexibility index (Phi) is 5.68. The normalized spacial score (nSPS) is 18.3. The van der Waals surface area contributed by atoms with Crippen molar-refractivity contribution in [2.45, 2.75) is 31.8 Å². The molecule has 138 valence electrons. The van der Waals surface area contributed by atoms with Gasteiger partial charge in [-0.1, -0.05) is 24.3 Å². The highest BCUT2D eigenvalue weighted by Crippen LogP contribution is 2.47. The minimum Gasteiger partial charge on any atom is -0.502 e. The largest absolute Gasteiger partial charge is 0.502 e. The van der Waals surface area contributed by atoms with Gasteiger partial charge in [0.25, 0.3) is 0 Å². The van der Waals surface area contributed by atoms with E-state index in [1.807, 2.05) is 36.4 Å². The molecule has 0 saturated carbocycles. The van der Waals surface area contributed by atoms with Crippen LogP contribution in [0.2, 0.25) is 0 Å². The van der Waals surface area contributed by atoms with E-state index in [0.717, 1.165) is 24.8 Å². The first-order chi connectivity index (χ1) is 12.6. The van der Waals surface area contributed by atoms with Crippen molar-refractivity contribution in [3.05, 3.63) is 47.5 Å². The van der Waals surface area contributed by atoms with Crippen molar-refractivity contribution >= 4 is 6.08 Å². The first-order valence-corrected chi connectivity index (χ1v) is 8.71. The van der Waals surface area contributed by atoms with E-state index in [4.69, 9.17) is 14.2 Å². The van der Waals surface area contributed by atoms with Crippen LogP contribution in [0.3, 0.4) is 0 Å². The summed E-state index contributed by atoms with van der Waals surface area (Å²) in [5.41, 5.74) is 1.83. The molecule has 5 heteroatoms. The molecule has 4 bridgehead atoms. The van der Waals surface area contributed by atoms with Crippen LogP contribution in [0.5, 0.6) is 28.7 Å². The van der Waals surface area contributed by atoms with Gasteiger partial charge in [0.05, 0.1) is 20.3 Å². The van der Waals surface area contributed by atoms with Gasteiger partial charge in [-0.05, 0) is 49.4 Å². The third kappa shape index (κ3) is 3.94. The standard InChI is InChI=1S/C21H24O5/c1-24-20-15-5-3-4-6-16(22)10-7-14-8-11-17(12-9-14)26-18(13-15)21(25-2)19(20)23/h3,5,8-9,11-13,16,22-23H,4,6-7,10H2,1-2H3/b5-3-/t16-/m0/s1. The molecule has 0 aliphatic carbocycles. The Labute approximate surface area is 153 Å². The lowest BCUT2D eigenvalue weighted by atomic mass is 10.0. The number of phenols is 1. The van der Waals surface area contributed by atoms with Gasteiger partial charge in [0.15, 0.2) is 11.5 Å². The van der Waals surface area contributed by atoms with Crippen molar-refractivity contribution < 1.29 is 24.4 Å². The predicted octanol–water partition coefficient (Wildman–Crippen LogP) is 4.30. The molecule has 2 aliphatic heterocycles. The number of aliphatic hydroxyl groups is 1. The average Bonchev–Trinajstić information content (AvgIpc) is 2.65. The molecule has 2 aromatic carbocycles. The number of methoxy groups -OCH3 is 2. The number of allylic oxidation sites excluding steroid dienone is 1. The van der Waals surface area contributed by atoms with Crippen LogP contribution in [-0.2, 0) is 6.42 Å². The van der Waals surface area contributed by atoms with Crippen LogP contribution in [0.25, 0.3) is 6.08 Å². The SMILES string of the molecule is COc1c2cc(c(OC)c1O)Oc1ccc(cc1)CC[C@@H](O)CC/C=C\2. The van der Waals surface area contributed by atoms with E-state index in [0.29, 0.717) is 29.2 Å². The molecule has 2 N–H and O–H groups in total. The summed E-state index contributed by atoms with van der Waals surface area (Å²) in [6.45, 7) is 0. The van der Waals surface area contributed by atoms with E-state index in [1.54, 1.807) is 6.07 Å². The lowest BCUT2D eigenvalue weighted by molar-refractivity contribution is 0.156. The fourth-order valence-electron chi connectivity index (χ4n) is 3.07. The van der Waals surface area contributed by atoms with Gasteiger partial charge in [-0.3, -0.25) is 0 Å². The van der Waals surface area contributed by atoms with Crippen LogP contribution in [0.4, 0.5) is 0 Å². The number of aromatic hydroxyl groups is 1. The number of rotatable bonds is 2. The molecule has 0 fully saturated rings. The number of hydrogen-bond donors (Lipinski definition) is 2. The van der Waals surface area contributed by atoms with Gasteiger partial charge in [-0.2, -0.15) is 0 Å². The molecular weight excluding hydrogens is 332 g/mol. The minimum atomic E-state index is -0.345. The molecule has 1 atom stereocenters. The maximum atomic E-state index is 10.5. The third-order valence-electron chi connectivity index (χ3n) is 4.49. The van der Waals surface area contributed by atoms with Crippen molar-refractivity contribution in [3.8, 4) is 28.7 Å². The van der Waals surface area contributed by atoms with E-state index in [1.165, 1.54) is 14.2 Å². The van der Waals surface area contributed by atoms with Crippen molar-refractivity contribution in [2.24, 2.45) is 0 Å². The second-order valence-corrected chi connectivity index (χ2v) is 6.30. The summed E-state index contributed by atoms with van der Waals surface area (Å²) in [5, 5.41) is 20.7. The van der Waals surface area contributed by atoms with Crippen LogP contribution in [0.15, 0.2) is 36.4 Å². The predicted molar refractivity (Wildman–Crippen MR) is 100 cm³/mol. The lowest BCUT2D eigenvalue weighted by Crippen LogP contribution is -2.07. The monoisotopic (exact) mass is 356 g/mol. The Balaban J connectivity index is 2.07. The Bertz CT molecular complexity index is 780. The second kappa shape index (κ2) is 8.15. The Morgan fingerprint density at radius 1 is 1.04 bits per heavy atom. The van der Waals surface area contributed by atoms with Gasteiger partial charge < -0.3 is 24.4 Å². The molecule has 0 saturated heterocycles. The van der Waals surface area contributed by atoms with Crippen molar-refractivity contribution in [1.82, 2.24) is 0 Å². The van der Waals surface area contributed by atoms with Crippen LogP contribution in [-0.4, -0.2) is 30.5 Å². The summed E-state index contributed by atoms with van der Waals surface area (Å²) in [6.07, 6.45) is 6.43. The van der Waals surface area contributed by atoms with Crippen LogP contribution < -0.4 is 14.2 Å². The highest BCUT2D eigenvalue weighted by Gasteiger charge is 2.20. The number of hydrogen-bond acceptors (Lipinski definition) is 5. The quantitative estimate of drug-likeness (QED) is 0.840. The molecule has 0 aromatic heterocycles. The molecule has 2 aliphatic rings.